The van der Waals surface area contributed by atoms with Crippen LogP contribution in [0.5, 0.6) is 5.75 Å². The van der Waals surface area contributed by atoms with Gasteiger partial charge in [-0.3, -0.25) is 19.4 Å². The summed E-state index contributed by atoms with van der Waals surface area (Å²) in [5.74, 6) is 1.55. The van der Waals surface area contributed by atoms with Crippen LogP contribution in [0, 0.1) is 12.3 Å². The van der Waals surface area contributed by atoms with Gasteiger partial charge in [-0.25, -0.2) is 4.98 Å². The van der Waals surface area contributed by atoms with Gasteiger partial charge in [0.1, 0.15) is 33.8 Å². The molecular formula is C32H34N6O5. The normalized spacial score (nSPS) is 14.9. The quantitative estimate of drug-likeness (QED) is 0.195. The largest absolute Gasteiger partial charge is 0.493 e. The Morgan fingerprint density at radius 2 is 1.84 bits per heavy atom. The number of rotatable bonds is 8. The van der Waals surface area contributed by atoms with Crippen molar-refractivity contribution in [3.05, 3.63) is 76.9 Å². The first kappa shape index (κ1) is 28.2. The van der Waals surface area contributed by atoms with Crippen molar-refractivity contribution in [2.24, 2.45) is 5.41 Å². The standard InChI is InChI=1S/C32H34N6O5/c1-6-37-25-9-8-21(17-26(25)35(5)30(40)32(3,4)31(37)41)42-15-7-13-38-24-10-12-33-18-23(24)34-28(38)19-36-14-11-27-22(29(36)39)16-20(2)43-27/h8-12,14,16-18H,6-7,13,15,19H2,1-5H3. The molecule has 5 aromatic rings. The van der Waals surface area contributed by atoms with Gasteiger partial charge in [-0.15, -0.1) is 0 Å². The molecule has 0 aliphatic carbocycles. The number of nitrogens with zero attached hydrogens (tertiary/aromatic N) is 6. The number of hydrogen-bond acceptors (Lipinski definition) is 7. The number of carbonyl (C=O) groups is 2. The van der Waals surface area contributed by atoms with Crippen molar-refractivity contribution in [2.45, 2.75) is 47.2 Å². The summed E-state index contributed by atoms with van der Waals surface area (Å²) < 4.78 is 15.5. The summed E-state index contributed by atoms with van der Waals surface area (Å²) in [4.78, 5) is 51.6. The predicted octanol–water partition coefficient (Wildman–Crippen LogP) is 4.52. The van der Waals surface area contributed by atoms with Crippen LogP contribution in [-0.4, -0.2) is 51.1 Å². The molecule has 0 radical (unpaired) electrons. The van der Waals surface area contributed by atoms with Crippen LogP contribution in [0.2, 0.25) is 0 Å². The zero-order valence-electron chi connectivity index (χ0n) is 25.0. The summed E-state index contributed by atoms with van der Waals surface area (Å²) in [6.07, 6.45) is 5.84. The maximum Gasteiger partial charge on any atom is 0.262 e. The van der Waals surface area contributed by atoms with E-state index in [1.807, 2.05) is 38.1 Å². The zero-order chi connectivity index (χ0) is 30.5. The van der Waals surface area contributed by atoms with E-state index in [1.54, 1.807) is 61.1 Å². The number of benzene rings is 1. The smallest absolute Gasteiger partial charge is 0.262 e. The van der Waals surface area contributed by atoms with Gasteiger partial charge in [0.05, 0.1) is 41.6 Å². The molecule has 0 fully saturated rings. The first-order valence-corrected chi connectivity index (χ1v) is 14.4. The van der Waals surface area contributed by atoms with E-state index in [9.17, 15) is 14.4 Å². The Morgan fingerprint density at radius 3 is 2.63 bits per heavy atom. The number of imidazole rings is 1. The molecule has 1 aliphatic heterocycles. The first-order chi connectivity index (χ1) is 20.6. The van der Waals surface area contributed by atoms with E-state index in [4.69, 9.17) is 14.1 Å². The Morgan fingerprint density at radius 1 is 1.02 bits per heavy atom. The second-order valence-electron chi connectivity index (χ2n) is 11.3. The summed E-state index contributed by atoms with van der Waals surface area (Å²) in [5, 5.41) is 0.542. The van der Waals surface area contributed by atoms with Crippen LogP contribution in [0.25, 0.3) is 22.0 Å². The van der Waals surface area contributed by atoms with E-state index in [1.165, 1.54) is 4.90 Å². The predicted molar refractivity (Wildman–Crippen MR) is 164 cm³/mol. The molecule has 1 aliphatic rings. The van der Waals surface area contributed by atoms with Gasteiger partial charge in [-0.05, 0) is 64.4 Å². The van der Waals surface area contributed by atoms with E-state index < -0.39 is 5.41 Å². The molecule has 0 N–H and O–H groups in total. The van der Waals surface area contributed by atoms with Crippen molar-refractivity contribution in [3.63, 3.8) is 0 Å². The van der Waals surface area contributed by atoms with E-state index in [0.29, 0.717) is 66.5 Å². The Bertz CT molecular complexity index is 1930. The van der Waals surface area contributed by atoms with E-state index >= 15 is 0 Å². The molecule has 11 nitrogen and oxygen atoms in total. The van der Waals surface area contributed by atoms with Gasteiger partial charge >= 0.3 is 0 Å². The highest BCUT2D eigenvalue weighted by Gasteiger charge is 2.45. The molecule has 5 heterocycles. The van der Waals surface area contributed by atoms with Crippen molar-refractivity contribution in [1.29, 1.82) is 0 Å². The van der Waals surface area contributed by atoms with E-state index in [2.05, 4.69) is 9.55 Å². The highest BCUT2D eigenvalue weighted by molar-refractivity contribution is 6.20. The van der Waals surface area contributed by atoms with Crippen LogP contribution >= 0.6 is 0 Å². The van der Waals surface area contributed by atoms with E-state index in [-0.39, 0.29) is 17.4 Å². The van der Waals surface area contributed by atoms with Crippen molar-refractivity contribution >= 4 is 45.2 Å². The minimum absolute atomic E-state index is 0.132. The van der Waals surface area contributed by atoms with Crippen LogP contribution in [0.3, 0.4) is 0 Å². The molecule has 1 aromatic carbocycles. The number of aryl methyl sites for hydroxylation is 2. The van der Waals surface area contributed by atoms with Gasteiger partial charge in [-0.2, -0.15) is 0 Å². The molecule has 0 atom stereocenters. The molecule has 0 bridgehead atoms. The Kier molecular flexibility index (Phi) is 7.03. The number of aromatic nitrogens is 4. The lowest BCUT2D eigenvalue weighted by Crippen LogP contribution is -2.47. The number of hydrogen-bond donors (Lipinski definition) is 0. The fourth-order valence-electron chi connectivity index (χ4n) is 5.77. The van der Waals surface area contributed by atoms with Crippen molar-refractivity contribution in [1.82, 2.24) is 19.1 Å². The summed E-state index contributed by atoms with van der Waals surface area (Å²) in [5.41, 5.74) is 2.27. The minimum Gasteiger partial charge on any atom is -0.493 e. The average Bonchev–Trinajstić information content (AvgIpc) is 3.54. The number of furan rings is 1. The van der Waals surface area contributed by atoms with Crippen LogP contribution in [0.4, 0.5) is 11.4 Å². The minimum atomic E-state index is -1.17. The second kappa shape index (κ2) is 10.7. The highest BCUT2D eigenvalue weighted by Crippen LogP contribution is 2.40. The third-order valence-corrected chi connectivity index (χ3v) is 8.05. The lowest BCUT2D eigenvalue weighted by molar-refractivity contribution is -0.137. The molecule has 2 amide bonds. The van der Waals surface area contributed by atoms with Crippen molar-refractivity contribution in [2.75, 3.05) is 30.0 Å². The van der Waals surface area contributed by atoms with Crippen molar-refractivity contribution in [3.8, 4) is 5.75 Å². The summed E-state index contributed by atoms with van der Waals surface area (Å²) in [7, 11) is 1.69. The van der Waals surface area contributed by atoms with Gasteiger partial charge in [0, 0.05) is 38.6 Å². The van der Waals surface area contributed by atoms with Crippen LogP contribution < -0.4 is 20.1 Å². The molecule has 0 saturated heterocycles. The molecular weight excluding hydrogens is 548 g/mol. The van der Waals surface area contributed by atoms with Crippen LogP contribution in [0.1, 0.15) is 38.8 Å². The number of amides is 2. The number of ether oxygens (including phenoxy) is 1. The van der Waals surface area contributed by atoms with Gasteiger partial charge in [0.2, 0.25) is 11.8 Å². The molecule has 6 rings (SSSR count). The Balaban J connectivity index is 1.21. The van der Waals surface area contributed by atoms with Gasteiger partial charge in [0.25, 0.3) is 5.56 Å². The first-order valence-electron chi connectivity index (χ1n) is 14.4. The molecule has 0 spiro atoms. The fourth-order valence-corrected chi connectivity index (χ4v) is 5.77. The molecule has 222 valence electrons. The molecule has 43 heavy (non-hydrogen) atoms. The Labute approximate surface area is 248 Å². The third-order valence-electron chi connectivity index (χ3n) is 8.05. The number of pyridine rings is 2. The van der Waals surface area contributed by atoms with Gasteiger partial charge in [0.15, 0.2) is 0 Å². The van der Waals surface area contributed by atoms with Gasteiger partial charge in [-0.1, -0.05) is 0 Å². The summed E-state index contributed by atoms with van der Waals surface area (Å²) in [6.45, 7) is 8.81. The molecule has 11 heteroatoms. The number of anilines is 2. The summed E-state index contributed by atoms with van der Waals surface area (Å²) in [6, 6.07) is 11.0. The monoisotopic (exact) mass is 582 g/mol. The second-order valence-corrected chi connectivity index (χ2v) is 11.3. The van der Waals surface area contributed by atoms with Crippen LogP contribution in [0.15, 0.2) is 64.2 Å². The third kappa shape index (κ3) is 4.84. The summed E-state index contributed by atoms with van der Waals surface area (Å²) >= 11 is 0. The molecule has 0 unspecified atom stereocenters. The highest BCUT2D eigenvalue weighted by atomic mass is 16.5. The molecule has 0 saturated carbocycles. The lowest BCUT2D eigenvalue weighted by Gasteiger charge is -2.27. The number of fused-ring (bicyclic) bond motifs is 3. The SMILES string of the molecule is CCN1C(=O)C(C)(C)C(=O)N(C)c2cc(OCCCn3c(Cn4ccc5oc(C)cc5c4=O)nc4cnccc43)ccc21. The van der Waals surface area contributed by atoms with E-state index in [0.717, 1.165) is 16.9 Å². The van der Waals surface area contributed by atoms with Gasteiger partial charge < -0.3 is 28.1 Å². The lowest BCUT2D eigenvalue weighted by atomic mass is 9.90. The topological polar surface area (TPSA) is 116 Å². The average molecular weight is 583 g/mol. The fraction of sp³-hybridized carbons (Fsp3) is 0.344. The van der Waals surface area contributed by atoms with Crippen LogP contribution in [-0.2, 0) is 22.7 Å². The Hall–Kier alpha value is -4.93. The van der Waals surface area contributed by atoms with Crippen molar-refractivity contribution < 1.29 is 18.7 Å². The maximum absolute atomic E-state index is 13.2. The number of carbonyl (C=O) groups excluding carboxylic acids is 2. The molecule has 4 aromatic heterocycles. The maximum atomic E-state index is 13.2. The zero-order valence-corrected chi connectivity index (χ0v) is 25.0.